The van der Waals surface area contributed by atoms with Crippen molar-refractivity contribution in [3.05, 3.63) is 58.4 Å². The standard InChI is InChI=1S/C17H15N3O2S/c1-11-8-15(13-4-2-3-5-14(13)19-11)20-17(22)16(21)18-9-12-6-7-23-10-12/h2-8,10H,9H2,1H3,(H,18,21)(H,19,20,22). The van der Waals surface area contributed by atoms with Crippen LogP contribution in [0.4, 0.5) is 5.69 Å². The number of nitrogens with one attached hydrogen (secondary N) is 2. The molecule has 0 unspecified atom stereocenters. The van der Waals surface area contributed by atoms with Gasteiger partial charge < -0.3 is 10.6 Å². The third-order valence-corrected chi connectivity index (χ3v) is 4.06. The first-order valence-electron chi connectivity index (χ1n) is 7.10. The van der Waals surface area contributed by atoms with Crippen LogP contribution in [0.25, 0.3) is 10.9 Å². The molecule has 2 aromatic heterocycles. The van der Waals surface area contributed by atoms with E-state index in [0.29, 0.717) is 12.2 Å². The van der Waals surface area contributed by atoms with Crippen molar-refractivity contribution in [2.24, 2.45) is 0 Å². The van der Waals surface area contributed by atoms with Crippen LogP contribution in [0.3, 0.4) is 0 Å². The molecule has 0 saturated heterocycles. The highest BCUT2D eigenvalue weighted by atomic mass is 32.1. The lowest BCUT2D eigenvalue weighted by atomic mass is 10.1. The molecule has 1 aromatic carbocycles. The Labute approximate surface area is 137 Å². The molecule has 6 heteroatoms. The fraction of sp³-hybridized carbons (Fsp3) is 0.118. The number of anilines is 1. The van der Waals surface area contributed by atoms with Crippen molar-refractivity contribution in [3.63, 3.8) is 0 Å². The molecule has 0 atom stereocenters. The molecule has 2 amide bonds. The van der Waals surface area contributed by atoms with Gasteiger partial charge in [-0.05, 0) is 41.4 Å². The van der Waals surface area contributed by atoms with Gasteiger partial charge in [0.25, 0.3) is 0 Å². The third kappa shape index (κ3) is 3.54. The Morgan fingerprint density at radius 1 is 1.17 bits per heavy atom. The average molecular weight is 325 g/mol. The van der Waals surface area contributed by atoms with Gasteiger partial charge in [0.15, 0.2) is 0 Å². The summed E-state index contributed by atoms with van der Waals surface area (Å²) in [5, 5.41) is 9.93. The van der Waals surface area contributed by atoms with Crippen molar-refractivity contribution in [2.75, 3.05) is 5.32 Å². The first kappa shape index (κ1) is 15.2. The van der Waals surface area contributed by atoms with Crippen molar-refractivity contribution >= 4 is 39.7 Å². The summed E-state index contributed by atoms with van der Waals surface area (Å²) in [4.78, 5) is 28.4. The average Bonchev–Trinajstić information content (AvgIpc) is 3.05. The van der Waals surface area contributed by atoms with Crippen molar-refractivity contribution in [3.8, 4) is 0 Å². The molecule has 5 nitrogen and oxygen atoms in total. The fourth-order valence-electron chi connectivity index (χ4n) is 2.25. The molecule has 116 valence electrons. The number of nitrogens with zero attached hydrogens (tertiary/aromatic N) is 1. The molecule has 0 fully saturated rings. The van der Waals surface area contributed by atoms with E-state index in [-0.39, 0.29) is 0 Å². The van der Waals surface area contributed by atoms with E-state index < -0.39 is 11.8 Å². The van der Waals surface area contributed by atoms with Gasteiger partial charge in [0, 0.05) is 17.6 Å². The lowest BCUT2D eigenvalue weighted by Gasteiger charge is -2.09. The van der Waals surface area contributed by atoms with Crippen LogP contribution < -0.4 is 10.6 Å². The van der Waals surface area contributed by atoms with Gasteiger partial charge in [-0.3, -0.25) is 14.6 Å². The quantitative estimate of drug-likeness (QED) is 0.727. The van der Waals surface area contributed by atoms with E-state index >= 15 is 0 Å². The number of thiophene rings is 1. The molecule has 0 radical (unpaired) electrons. The molecule has 0 aliphatic carbocycles. The lowest BCUT2D eigenvalue weighted by molar-refractivity contribution is -0.136. The SMILES string of the molecule is Cc1cc(NC(=O)C(=O)NCc2ccsc2)c2ccccc2n1. The number of hydrogen-bond donors (Lipinski definition) is 2. The van der Waals surface area contributed by atoms with Crippen LogP contribution in [-0.2, 0) is 16.1 Å². The molecule has 2 heterocycles. The Morgan fingerprint density at radius 2 is 2.00 bits per heavy atom. The molecule has 0 bridgehead atoms. The van der Waals surface area contributed by atoms with E-state index in [1.165, 1.54) is 0 Å². The van der Waals surface area contributed by atoms with E-state index in [2.05, 4.69) is 15.6 Å². The molecule has 0 aliphatic heterocycles. The van der Waals surface area contributed by atoms with Gasteiger partial charge in [-0.15, -0.1) is 0 Å². The number of carbonyl (C=O) groups excluding carboxylic acids is 2. The summed E-state index contributed by atoms with van der Waals surface area (Å²) in [5.41, 5.74) is 3.12. The molecule has 23 heavy (non-hydrogen) atoms. The van der Waals surface area contributed by atoms with Gasteiger partial charge in [-0.25, -0.2) is 0 Å². The first-order chi connectivity index (χ1) is 11.1. The third-order valence-electron chi connectivity index (χ3n) is 3.33. The number of para-hydroxylation sites is 1. The number of amides is 2. The molecule has 0 aliphatic rings. The minimum Gasteiger partial charge on any atom is -0.344 e. The van der Waals surface area contributed by atoms with E-state index in [1.807, 2.05) is 48.0 Å². The highest BCUT2D eigenvalue weighted by Gasteiger charge is 2.15. The van der Waals surface area contributed by atoms with E-state index in [9.17, 15) is 9.59 Å². The predicted molar refractivity (Wildman–Crippen MR) is 91.3 cm³/mol. The van der Waals surface area contributed by atoms with Crippen molar-refractivity contribution < 1.29 is 9.59 Å². The smallest absolute Gasteiger partial charge is 0.313 e. The number of aromatic nitrogens is 1. The number of benzene rings is 1. The molecular formula is C17H15N3O2S. The molecule has 0 spiro atoms. The van der Waals surface area contributed by atoms with Crippen LogP contribution in [0.5, 0.6) is 0 Å². The van der Waals surface area contributed by atoms with Gasteiger partial charge in [0.05, 0.1) is 11.2 Å². The second-order valence-corrected chi connectivity index (χ2v) is 5.88. The molecule has 2 N–H and O–H groups in total. The Bertz CT molecular complexity index is 859. The molecule has 3 rings (SSSR count). The van der Waals surface area contributed by atoms with Crippen LogP contribution in [-0.4, -0.2) is 16.8 Å². The first-order valence-corrected chi connectivity index (χ1v) is 8.04. The van der Waals surface area contributed by atoms with E-state index in [0.717, 1.165) is 22.2 Å². The molecular weight excluding hydrogens is 310 g/mol. The summed E-state index contributed by atoms with van der Waals surface area (Å²) < 4.78 is 0. The van der Waals surface area contributed by atoms with Crippen LogP contribution in [0.2, 0.25) is 0 Å². The zero-order valence-electron chi connectivity index (χ0n) is 12.5. The Balaban J connectivity index is 1.73. The minimum atomic E-state index is -0.684. The number of hydrogen-bond acceptors (Lipinski definition) is 4. The maximum Gasteiger partial charge on any atom is 0.313 e. The highest BCUT2D eigenvalue weighted by molar-refractivity contribution is 7.07. The Morgan fingerprint density at radius 3 is 2.78 bits per heavy atom. The normalized spacial score (nSPS) is 10.5. The second kappa shape index (κ2) is 6.58. The van der Waals surface area contributed by atoms with Gasteiger partial charge in [0.1, 0.15) is 0 Å². The topological polar surface area (TPSA) is 71.1 Å². The van der Waals surface area contributed by atoms with Gasteiger partial charge in [0.2, 0.25) is 0 Å². The summed E-state index contributed by atoms with van der Waals surface area (Å²) in [6.07, 6.45) is 0. The van der Waals surface area contributed by atoms with Crippen LogP contribution >= 0.6 is 11.3 Å². The lowest BCUT2D eigenvalue weighted by Crippen LogP contribution is -2.34. The molecule has 0 saturated carbocycles. The minimum absolute atomic E-state index is 0.339. The maximum absolute atomic E-state index is 12.1. The van der Waals surface area contributed by atoms with Crippen LogP contribution in [0.1, 0.15) is 11.3 Å². The maximum atomic E-state index is 12.1. The summed E-state index contributed by atoms with van der Waals surface area (Å²) >= 11 is 1.55. The Kier molecular flexibility index (Phi) is 4.34. The summed E-state index contributed by atoms with van der Waals surface area (Å²) in [6.45, 7) is 2.19. The number of aryl methyl sites for hydroxylation is 1. The number of fused-ring (bicyclic) bond motifs is 1. The van der Waals surface area contributed by atoms with E-state index in [4.69, 9.17) is 0 Å². The monoisotopic (exact) mass is 325 g/mol. The van der Waals surface area contributed by atoms with E-state index in [1.54, 1.807) is 17.4 Å². The summed E-state index contributed by atoms with van der Waals surface area (Å²) in [7, 11) is 0. The number of pyridine rings is 1. The fourth-order valence-corrected chi connectivity index (χ4v) is 2.91. The Hall–Kier alpha value is -2.73. The largest absolute Gasteiger partial charge is 0.344 e. The van der Waals surface area contributed by atoms with Crippen molar-refractivity contribution in [2.45, 2.75) is 13.5 Å². The molecule has 3 aromatic rings. The number of carbonyl (C=O) groups is 2. The zero-order chi connectivity index (χ0) is 16.2. The zero-order valence-corrected chi connectivity index (χ0v) is 13.3. The highest BCUT2D eigenvalue weighted by Crippen LogP contribution is 2.22. The second-order valence-electron chi connectivity index (χ2n) is 5.10. The predicted octanol–water partition coefficient (Wildman–Crippen LogP) is 2.86. The van der Waals surface area contributed by atoms with Gasteiger partial charge in [-0.2, -0.15) is 11.3 Å². The van der Waals surface area contributed by atoms with Crippen LogP contribution in [0, 0.1) is 6.92 Å². The van der Waals surface area contributed by atoms with Gasteiger partial charge >= 0.3 is 11.8 Å². The summed E-state index contributed by atoms with van der Waals surface area (Å²) in [6, 6.07) is 11.1. The number of rotatable bonds is 3. The van der Waals surface area contributed by atoms with Crippen molar-refractivity contribution in [1.29, 1.82) is 0 Å². The summed E-state index contributed by atoms with van der Waals surface area (Å²) in [5.74, 6) is -1.34. The van der Waals surface area contributed by atoms with Crippen LogP contribution in [0.15, 0.2) is 47.2 Å². The van der Waals surface area contributed by atoms with Crippen molar-refractivity contribution in [1.82, 2.24) is 10.3 Å². The van der Waals surface area contributed by atoms with Gasteiger partial charge in [-0.1, -0.05) is 18.2 Å².